The van der Waals surface area contributed by atoms with Gasteiger partial charge in [-0.1, -0.05) is 13.0 Å². The van der Waals surface area contributed by atoms with Gasteiger partial charge in [-0.2, -0.15) is 0 Å². The number of benzene rings is 1. The van der Waals surface area contributed by atoms with Crippen LogP contribution in [0, 0.1) is 11.8 Å². The van der Waals surface area contributed by atoms with Gasteiger partial charge < -0.3 is 30.1 Å². The second-order valence-electron chi connectivity index (χ2n) is 8.96. The van der Waals surface area contributed by atoms with Crippen LogP contribution >= 0.6 is 11.8 Å². The van der Waals surface area contributed by atoms with Crippen LogP contribution in [0.2, 0.25) is 0 Å². The zero-order valence-electron chi connectivity index (χ0n) is 19.9. The molecule has 10 nitrogen and oxygen atoms in total. The maximum atomic E-state index is 12.8. The summed E-state index contributed by atoms with van der Waals surface area (Å²) in [6, 6.07) is 5.77. The summed E-state index contributed by atoms with van der Waals surface area (Å²) in [6.07, 6.45) is -0.301. The number of hydrogen-bond acceptors (Lipinski definition) is 9. The van der Waals surface area contributed by atoms with Crippen molar-refractivity contribution < 1.29 is 33.8 Å². The summed E-state index contributed by atoms with van der Waals surface area (Å²) < 4.78 is 9.67. The van der Waals surface area contributed by atoms with Crippen LogP contribution in [0.1, 0.15) is 30.6 Å². The highest BCUT2D eigenvalue weighted by Crippen LogP contribution is 2.52. The van der Waals surface area contributed by atoms with Crippen molar-refractivity contribution in [3.63, 3.8) is 0 Å². The van der Waals surface area contributed by atoms with Gasteiger partial charge in [-0.3, -0.25) is 9.59 Å². The summed E-state index contributed by atoms with van der Waals surface area (Å²) in [7, 11) is 2.57. The van der Waals surface area contributed by atoms with Gasteiger partial charge in [-0.05, 0) is 31.5 Å². The Morgan fingerprint density at radius 1 is 1.23 bits per heavy atom. The molecule has 3 heterocycles. The summed E-state index contributed by atoms with van der Waals surface area (Å²) in [5, 5.41) is 16.1. The van der Waals surface area contributed by atoms with E-state index in [0.29, 0.717) is 24.2 Å². The molecule has 0 bridgehead atoms. The van der Waals surface area contributed by atoms with Gasteiger partial charge in [0.1, 0.15) is 5.70 Å². The highest BCUT2D eigenvalue weighted by Gasteiger charge is 2.60. The molecule has 6 atom stereocenters. The topological polar surface area (TPSA) is 134 Å². The lowest BCUT2D eigenvalue weighted by molar-refractivity contribution is -0.163. The van der Waals surface area contributed by atoms with Crippen molar-refractivity contribution in [2.75, 3.05) is 26.1 Å². The van der Waals surface area contributed by atoms with Crippen LogP contribution in [0.5, 0.6) is 0 Å². The van der Waals surface area contributed by atoms with Gasteiger partial charge in [0.2, 0.25) is 11.8 Å². The maximum absolute atomic E-state index is 12.8. The first kappa shape index (κ1) is 25.2. The van der Waals surface area contributed by atoms with Crippen molar-refractivity contribution in [2.24, 2.45) is 11.8 Å². The van der Waals surface area contributed by atoms with E-state index in [2.05, 4.69) is 10.6 Å². The Morgan fingerprint density at radius 2 is 1.94 bits per heavy atom. The van der Waals surface area contributed by atoms with Crippen molar-refractivity contribution in [3.05, 3.63) is 40.4 Å². The monoisotopic (exact) mass is 503 g/mol. The molecule has 0 unspecified atom stereocenters. The molecule has 3 aliphatic rings. The highest BCUT2D eigenvalue weighted by molar-refractivity contribution is 8.03. The zero-order valence-corrected chi connectivity index (χ0v) is 20.8. The van der Waals surface area contributed by atoms with Crippen LogP contribution in [-0.4, -0.2) is 78.0 Å². The van der Waals surface area contributed by atoms with Gasteiger partial charge in [-0.25, -0.2) is 9.59 Å². The lowest BCUT2D eigenvalue weighted by Gasteiger charge is -2.46. The predicted molar refractivity (Wildman–Crippen MR) is 128 cm³/mol. The second-order valence-corrected chi connectivity index (χ2v) is 10.3. The van der Waals surface area contributed by atoms with E-state index < -0.39 is 30.0 Å². The summed E-state index contributed by atoms with van der Waals surface area (Å²) in [6.45, 7) is 4.06. The molecule has 11 heteroatoms. The van der Waals surface area contributed by atoms with Crippen LogP contribution in [-0.2, 0) is 23.9 Å². The molecule has 0 aliphatic carbocycles. The molecule has 188 valence electrons. The average molecular weight is 504 g/mol. The Kier molecular flexibility index (Phi) is 7.20. The minimum absolute atomic E-state index is 0.0111. The summed E-state index contributed by atoms with van der Waals surface area (Å²) in [5.41, 5.74) is 1.07. The largest absolute Gasteiger partial charge is 0.465 e. The number of nitrogens with one attached hydrogen (secondary N) is 2. The number of methoxy groups -OCH3 is 2. The molecule has 1 aromatic rings. The number of anilines is 1. The molecule has 0 saturated carbocycles. The Balaban J connectivity index is 1.44. The first-order chi connectivity index (χ1) is 16.7. The standard InChI is InChI=1S/C24H29N3O7S/c1-11-18-17(12(2)28)22(30)27(18)19(24(32)34-4)20(11)35-15-9-16(25-10-15)21(29)26-14-7-5-6-13(8-14)23(31)33-3/h5-8,11-12,15-18,25,28H,9-10H2,1-4H3,(H,26,29)/t11-,12-,15+,16+,17-,18-/m1/s1. The molecule has 0 radical (unpaired) electrons. The predicted octanol–water partition coefficient (Wildman–Crippen LogP) is 1.12. The number of carbonyl (C=O) groups is 4. The fraction of sp³-hybridized carbons (Fsp3) is 0.500. The molecule has 2 fully saturated rings. The molecule has 3 aliphatic heterocycles. The lowest BCUT2D eigenvalue weighted by Crippen LogP contribution is -2.63. The normalized spacial score (nSPS) is 28.3. The smallest absolute Gasteiger partial charge is 0.355 e. The third-order valence-corrected chi connectivity index (χ3v) is 8.25. The van der Waals surface area contributed by atoms with E-state index in [0.717, 1.165) is 4.91 Å². The third-order valence-electron chi connectivity index (χ3n) is 6.74. The van der Waals surface area contributed by atoms with E-state index in [9.17, 15) is 24.3 Å². The van der Waals surface area contributed by atoms with Crippen LogP contribution in [0.3, 0.4) is 0 Å². The molecule has 0 spiro atoms. The summed E-state index contributed by atoms with van der Waals surface area (Å²) in [5.74, 6) is -2.26. The van der Waals surface area contributed by atoms with E-state index in [4.69, 9.17) is 9.47 Å². The fourth-order valence-corrected chi connectivity index (χ4v) is 6.48. The number of nitrogens with zero attached hydrogens (tertiary/aromatic N) is 1. The summed E-state index contributed by atoms with van der Waals surface area (Å²) >= 11 is 1.47. The zero-order chi connectivity index (χ0) is 25.4. The van der Waals surface area contributed by atoms with Crippen molar-refractivity contribution in [1.29, 1.82) is 0 Å². The quantitative estimate of drug-likeness (QED) is 0.370. The van der Waals surface area contributed by atoms with Crippen LogP contribution in [0.15, 0.2) is 34.9 Å². The number of amides is 2. The number of fused-ring (bicyclic) bond motifs is 1. The van der Waals surface area contributed by atoms with E-state index >= 15 is 0 Å². The number of carbonyl (C=O) groups excluding carboxylic acids is 4. The van der Waals surface area contributed by atoms with Crippen molar-refractivity contribution >= 4 is 41.2 Å². The highest BCUT2D eigenvalue weighted by atomic mass is 32.2. The molecular weight excluding hydrogens is 474 g/mol. The first-order valence-electron chi connectivity index (χ1n) is 11.4. The summed E-state index contributed by atoms with van der Waals surface area (Å²) in [4.78, 5) is 52.0. The van der Waals surface area contributed by atoms with Gasteiger partial charge in [0.25, 0.3) is 0 Å². The van der Waals surface area contributed by atoms with Crippen LogP contribution < -0.4 is 10.6 Å². The Hall–Kier alpha value is -2.89. The first-order valence-corrected chi connectivity index (χ1v) is 12.3. The third kappa shape index (κ3) is 4.55. The van der Waals surface area contributed by atoms with Gasteiger partial charge in [-0.15, -0.1) is 11.8 Å². The van der Waals surface area contributed by atoms with E-state index in [-0.39, 0.29) is 34.7 Å². The maximum Gasteiger partial charge on any atom is 0.355 e. The van der Waals surface area contributed by atoms with E-state index in [1.165, 1.54) is 30.9 Å². The Morgan fingerprint density at radius 3 is 2.60 bits per heavy atom. The molecule has 3 N–H and O–H groups in total. The number of thioether (sulfide) groups is 1. The van der Waals surface area contributed by atoms with Gasteiger partial charge in [0.05, 0.1) is 43.9 Å². The molecule has 2 saturated heterocycles. The lowest BCUT2D eigenvalue weighted by atomic mass is 9.79. The van der Waals surface area contributed by atoms with Gasteiger partial charge in [0, 0.05) is 28.3 Å². The fourth-order valence-electron chi connectivity index (χ4n) is 5.01. The molecule has 4 rings (SSSR count). The van der Waals surface area contributed by atoms with E-state index in [1.807, 2.05) is 6.92 Å². The number of β-lactam (4-membered cyclic amide) rings is 1. The van der Waals surface area contributed by atoms with E-state index in [1.54, 1.807) is 31.2 Å². The molecule has 2 amide bonds. The number of ether oxygens (including phenoxy) is 2. The minimum Gasteiger partial charge on any atom is -0.465 e. The SMILES string of the molecule is COC(=O)C1=C(S[C@@H]2CN[C@H](C(=O)Nc3cccc(C(=O)OC)c3)C2)[C@H](C)[C@@H]2[C@@H]([C@@H](C)O)C(=O)N12. The minimum atomic E-state index is -0.812. The molecule has 1 aromatic carbocycles. The number of aliphatic hydroxyl groups is 1. The second kappa shape index (κ2) is 10.00. The molecule has 35 heavy (non-hydrogen) atoms. The van der Waals surface area contributed by atoms with Crippen molar-refractivity contribution in [1.82, 2.24) is 10.2 Å². The van der Waals surface area contributed by atoms with Crippen molar-refractivity contribution in [2.45, 2.75) is 43.7 Å². The number of esters is 2. The van der Waals surface area contributed by atoms with Gasteiger partial charge >= 0.3 is 11.9 Å². The number of aliphatic hydroxyl groups excluding tert-OH is 1. The van der Waals surface area contributed by atoms with Gasteiger partial charge in [0.15, 0.2) is 0 Å². The molecular formula is C24H29N3O7S. The van der Waals surface area contributed by atoms with Crippen molar-refractivity contribution in [3.8, 4) is 0 Å². The molecule has 0 aromatic heterocycles. The van der Waals surface area contributed by atoms with Crippen LogP contribution in [0.4, 0.5) is 5.69 Å². The number of hydrogen-bond donors (Lipinski definition) is 3. The van der Waals surface area contributed by atoms with Crippen LogP contribution in [0.25, 0.3) is 0 Å². The Labute approximate surface area is 207 Å². The number of rotatable bonds is 7. The Bertz CT molecular complexity index is 1090. The average Bonchev–Trinajstić information content (AvgIpc) is 3.40.